The van der Waals surface area contributed by atoms with Crippen molar-refractivity contribution in [1.82, 2.24) is 4.90 Å². The number of carbonyl (C=O) groups is 1. The van der Waals surface area contributed by atoms with E-state index in [-0.39, 0.29) is 17.3 Å². The van der Waals surface area contributed by atoms with Crippen LogP contribution in [0.1, 0.15) is 30.1 Å². The molecule has 1 aliphatic heterocycles. The summed E-state index contributed by atoms with van der Waals surface area (Å²) in [6.45, 7) is 2.71. The molecule has 4 nitrogen and oxygen atoms in total. The average Bonchev–Trinajstić information content (AvgIpc) is 2.67. The largest absolute Gasteiger partial charge is 0.489 e. The maximum atomic E-state index is 11.2. The lowest BCUT2D eigenvalue weighted by Crippen LogP contribution is -2.51. The lowest BCUT2D eigenvalue weighted by molar-refractivity contribution is -0.121. The Morgan fingerprint density at radius 2 is 1.79 bits per heavy atom. The van der Waals surface area contributed by atoms with Gasteiger partial charge in [-0.2, -0.15) is 0 Å². The number of benzene rings is 2. The summed E-state index contributed by atoms with van der Waals surface area (Å²) in [5.74, 6) is 0.769. The fourth-order valence-corrected chi connectivity index (χ4v) is 4.56. The van der Waals surface area contributed by atoms with Crippen LogP contribution in [0.25, 0.3) is 0 Å². The second-order valence-corrected chi connectivity index (χ2v) is 8.73. The summed E-state index contributed by atoms with van der Waals surface area (Å²) in [5, 5.41) is 0.984. The van der Waals surface area contributed by atoms with Crippen molar-refractivity contribution < 1.29 is 14.3 Å². The summed E-state index contributed by atoms with van der Waals surface area (Å²) in [4.78, 5) is 13.7. The molecule has 4 rings (SSSR count). The Balaban J connectivity index is 1.33. The SMILES string of the molecule is O=C(Cl)C1CC(N2CCOC(c3ccc(OCc4c(Cl)cccc4Cl)cc3)C2)C1. The smallest absolute Gasteiger partial charge is 0.224 e. The van der Waals surface area contributed by atoms with Crippen molar-refractivity contribution in [3.8, 4) is 5.75 Å². The van der Waals surface area contributed by atoms with Gasteiger partial charge in [-0.25, -0.2) is 0 Å². The summed E-state index contributed by atoms with van der Waals surface area (Å²) in [6, 6.07) is 13.8. The molecule has 0 spiro atoms. The van der Waals surface area contributed by atoms with E-state index in [0.29, 0.717) is 29.3 Å². The standard InChI is InChI=1S/C22H22Cl3NO3/c23-19-2-1-3-20(24)18(19)13-29-17-6-4-14(5-7-17)21-12-26(8-9-28-21)16-10-15(11-16)22(25)27/h1-7,15-16,21H,8-13H2. The first-order valence-electron chi connectivity index (χ1n) is 9.72. The van der Waals surface area contributed by atoms with E-state index in [2.05, 4.69) is 4.90 Å². The van der Waals surface area contributed by atoms with Gasteiger partial charge in [0, 0.05) is 40.7 Å². The van der Waals surface area contributed by atoms with E-state index in [0.717, 1.165) is 42.8 Å². The Kier molecular flexibility index (Phi) is 6.67. The van der Waals surface area contributed by atoms with Crippen LogP contribution in [0.15, 0.2) is 42.5 Å². The van der Waals surface area contributed by atoms with Crippen molar-refractivity contribution in [3.63, 3.8) is 0 Å². The van der Waals surface area contributed by atoms with E-state index < -0.39 is 0 Å². The van der Waals surface area contributed by atoms with Crippen molar-refractivity contribution in [3.05, 3.63) is 63.6 Å². The first-order chi connectivity index (χ1) is 14.0. The minimum absolute atomic E-state index is 0.0153. The molecule has 2 fully saturated rings. The van der Waals surface area contributed by atoms with E-state index >= 15 is 0 Å². The molecule has 0 bridgehead atoms. The first-order valence-corrected chi connectivity index (χ1v) is 10.9. The summed E-state index contributed by atoms with van der Waals surface area (Å²) >= 11 is 18.0. The van der Waals surface area contributed by atoms with Gasteiger partial charge >= 0.3 is 0 Å². The third-order valence-electron chi connectivity index (χ3n) is 5.75. The van der Waals surface area contributed by atoms with Gasteiger partial charge in [0.05, 0.1) is 12.7 Å². The molecule has 1 aliphatic carbocycles. The lowest BCUT2D eigenvalue weighted by atomic mass is 9.80. The number of carbonyl (C=O) groups excluding carboxylic acids is 1. The van der Waals surface area contributed by atoms with Crippen LogP contribution in [0.3, 0.4) is 0 Å². The Hall–Kier alpha value is -1.30. The molecular formula is C22H22Cl3NO3. The highest BCUT2D eigenvalue weighted by Gasteiger charge is 2.39. The molecule has 2 aromatic carbocycles. The number of hydrogen-bond acceptors (Lipinski definition) is 4. The van der Waals surface area contributed by atoms with E-state index in [9.17, 15) is 4.79 Å². The minimum Gasteiger partial charge on any atom is -0.489 e. The molecule has 2 aliphatic rings. The highest BCUT2D eigenvalue weighted by Crippen LogP contribution is 2.36. The summed E-state index contributed by atoms with van der Waals surface area (Å²) in [6.07, 6.45) is 1.72. The maximum absolute atomic E-state index is 11.2. The van der Waals surface area contributed by atoms with Gasteiger partial charge in [-0.05, 0) is 54.3 Å². The van der Waals surface area contributed by atoms with Gasteiger partial charge in [0.2, 0.25) is 5.24 Å². The molecular weight excluding hydrogens is 433 g/mol. The van der Waals surface area contributed by atoms with Crippen molar-refractivity contribution >= 4 is 40.0 Å². The van der Waals surface area contributed by atoms with Crippen LogP contribution < -0.4 is 4.74 Å². The van der Waals surface area contributed by atoms with Crippen LogP contribution in [0, 0.1) is 5.92 Å². The lowest BCUT2D eigenvalue weighted by Gasteiger charge is -2.45. The van der Waals surface area contributed by atoms with Gasteiger partial charge in [-0.15, -0.1) is 0 Å². The number of hydrogen-bond donors (Lipinski definition) is 0. The van der Waals surface area contributed by atoms with Gasteiger partial charge < -0.3 is 9.47 Å². The van der Waals surface area contributed by atoms with Crippen LogP contribution in [-0.2, 0) is 16.1 Å². The van der Waals surface area contributed by atoms with Gasteiger partial charge in [-0.3, -0.25) is 9.69 Å². The second kappa shape index (κ2) is 9.23. The Bertz CT molecular complexity index is 848. The van der Waals surface area contributed by atoms with Crippen LogP contribution in [-0.4, -0.2) is 35.9 Å². The molecule has 1 heterocycles. The highest BCUT2D eigenvalue weighted by atomic mass is 35.5. The maximum Gasteiger partial charge on any atom is 0.224 e. The monoisotopic (exact) mass is 453 g/mol. The number of morpholine rings is 1. The molecule has 0 N–H and O–H groups in total. The van der Waals surface area contributed by atoms with Crippen LogP contribution in [0.4, 0.5) is 0 Å². The third kappa shape index (κ3) is 4.89. The molecule has 2 aromatic rings. The zero-order valence-electron chi connectivity index (χ0n) is 15.8. The van der Waals surface area contributed by atoms with Crippen LogP contribution in [0.2, 0.25) is 10.0 Å². The molecule has 0 amide bonds. The van der Waals surface area contributed by atoms with Crippen LogP contribution in [0.5, 0.6) is 5.75 Å². The molecule has 0 aromatic heterocycles. The number of nitrogens with zero attached hydrogens (tertiary/aromatic N) is 1. The first kappa shape index (κ1) is 21.0. The molecule has 7 heteroatoms. The van der Waals surface area contributed by atoms with E-state index in [4.69, 9.17) is 44.3 Å². The molecule has 154 valence electrons. The quantitative estimate of drug-likeness (QED) is 0.541. The Labute approximate surface area is 185 Å². The highest BCUT2D eigenvalue weighted by molar-refractivity contribution is 6.64. The Morgan fingerprint density at radius 3 is 2.45 bits per heavy atom. The average molecular weight is 455 g/mol. The van der Waals surface area contributed by atoms with E-state index in [1.165, 1.54) is 0 Å². The summed E-state index contributed by atoms with van der Waals surface area (Å²) in [7, 11) is 0. The normalized spacial score (nSPS) is 24.7. The Morgan fingerprint density at radius 1 is 1.10 bits per heavy atom. The van der Waals surface area contributed by atoms with Gasteiger partial charge in [0.15, 0.2) is 0 Å². The van der Waals surface area contributed by atoms with E-state index in [1.54, 1.807) is 12.1 Å². The van der Waals surface area contributed by atoms with Crippen molar-refractivity contribution in [2.45, 2.75) is 31.6 Å². The topological polar surface area (TPSA) is 38.8 Å². The van der Waals surface area contributed by atoms with Gasteiger partial charge in [0.25, 0.3) is 0 Å². The van der Waals surface area contributed by atoms with Crippen molar-refractivity contribution in [1.29, 1.82) is 0 Å². The molecule has 1 saturated carbocycles. The molecule has 0 radical (unpaired) electrons. The van der Waals surface area contributed by atoms with Crippen molar-refractivity contribution in [2.75, 3.05) is 19.7 Å². The van der Waals surface area contributed by atoms with Gasteiger partial charge in [-0.1, -0.05) is 41.4 Å². The fraction of sp³-hybridized carbons (Fsp3) is 0.409. The summed E-state index contributed by atoms with van der Waals surface area (Å²) in [5.41, 5.74) is 1.89. The van der Waals surface area contributed by atoms with Crippen LogP contribution >= 0.6 is 34.8 Å². The molecule has 1 unspecified atom stereocenters. The molecule has 1 saturated heterocycles. The number of halogens is 3. The second-order valence-electron chi connectivity index (χ2n) is 7.54. The number of rotatable bonds is 6. The minimum atomic E-state index is -0.209. The molecule has 29 heavy (non-hydrogen) atoms. The third-order valence-corrected chi connectivity index (χ3v) is 6.76. The number of ether oxygens (including phenoxy) is 2. The zero-order chi connectivity index (χ0) is 20.4. The van der Waals surface area contributed by atoms with Crippen molar-refractivity contribution in [2.24, 2.45) is 5.92 Å². The zero-order valence-corrected chi connectivity index (χ0v) is 18.1. The summed E-state index contributed by atoms with van der Waals surface area (Å²) < 4.78 is 11.8. The predicted octanol–water partition coefficient (Wildman–Crippen LogP) is 5.49. The molecule has 1 atom stereocenters. The predicted molar refractivity (Wildman–Crippen MR) is 115 cm³/mol. The van der Waals surface area contributed by atoms with E-state index in [1.807, 2.05) is 30.3 Å². The van der Waals surface area contributed by atoms with Gasteiger partial charge in [0.1, 0.15) is 12.4 Å². The fourth-order valence-electron chi connectivity index (χ4n) is 3.88.